The van der Waals surface area contributed by atoms with Gasteiger partial charge in [0.1, 0.15) is 11.6 Å². The molecular weight excluding hydrogens is 327 g/mol. The maximum atomic E-state index is 13.3. The Morgan fingerprint density at radius 1 is 1.28 bits per heavy atom. The Morgan fingerprint density at radius 3 is 2.80 bits per heavy atom. The van der Waals surface area contributed by atoms with E-state index in [1.807, 2.05) is 0 Å². The molecule has 0 saturated heterocycles. The Morgan fingerprint density at radius 2 is 2.04 bits per heavy atom. The number of methoxy groups -OCH3 is 1. The summed E-state index contributed by atoms with van der Waals surface area (Å²) in [6.07, 6.45) is 1.26. The van der Waals surface area contributed by atoms with Gasteiger partial charge in [-0.3, -0.25) is 9.59 Å². The van der Waals surface area contributed by atoms with Gasteiger partial charge in [-0.1, -0.05) is 18.2 Å². The lowest BCUT2D eigenvalue weighted by molar-refractivity contribution is 0.0951. The van der Waals surface area contributed by atoms with Crippen molar-refractivity contribution in [1.82, 2.24) is 15.6 Å². The van der Waals surface area contributed by atoms with Gasteiger partial charge >= 0.3 is 0 Å². The number of hydrogen-bond acceptors (Lipinski definition) is 5. The molecule has 0 unspecified atom stereocenters. The van der Waals surface area contributed by atoms with E-state index in [0.29, 0.717) is 22.1 Å². The van der Waals surface area contributed by atoms with E-state index in [1.54, 1.807) is 24.3 Å². The quantitative estimate of drug-likeness (QED) is 0.559. The molecule has 1 amide bonds. The van der Waals surface area contributed by atoms with Crippen LogP contribution in [0.2, 0.25) is 0 Å². The molecule has 0 bridgehead atoms. The first kappa shape index (κ1) is 16.3. The lowest BCUT2D eigenvalue weighted by Gasteiger charge is -2.05. The Kier molecular flexibility index (Phi) is 4.51. The van der Waals surface area contributed by atoms with Crippen molar-refractivity contribution in [2.24, 2.45) is 5.10 Å². The van der Waals surface area contributed by atoms with Crippen molar-refractivity contribution in [3.8, 4) is 5.75 Å². The van der Waals surface area contributed by atoms with E-state index in [1.165, 1.54) is 31.5 Å². The SMILES string of the molecule is COc1ccc(F)cc1/C=N/NC(=O)c1n[nH]c(=O)c2ccccc12. The molecular formula is C17H13FN4O3. The summed E-state index contributed by atoms with van der Waals surface area (Å²) in [5, 5.41) is 10.6. The first-order chi connectivity index (χ1) is 12.1. The number of fused-ring (bicyclic) bond motifs is 1. The Hall–Kier alpha value is -3.55. The van der Waals surface area contributed by atoms with E-state index in [4.69, 9.17) is 4.74 Å². The maximum Gasteiger partial charge on any atom is 0.292 e. The second-order valence-corrected chi connectivity index (χ2v) is 5.03. The molecule has 0 aliphatic rings. The number of hydrogen-bond donors (Lipinski definition) is 2. The zero-order chi connectivity index (χ0) is 17.8. The lowest BCUT2D eigenvalue weighted by atomic mass is 10.1. The van der Waals surface area contributed by atoms with Crippen LogP contribution in [0, 0.1) is 5.82 Å². The van der Waals surface area contributed by atoms with Crippen molar-refractivity contribution >= 4 is 22.9 Å². The van der Waals surface area contributed by atoms with Crippen LogP contribution in [0.1, 0.15) is 16.1 Å². The average molecular weight is 340 g/mol. The summed E-state index contributed by atoms with van der Waals surface area (Å²) in [6.45, 7) is 0. The van der Waals surface area contributed by atoms with Crippen LogP contribution in [0.5, 0.6) is 5.75 Å². The van der Waals surface area contributed by atoms with Crippen molar-refractivity contribution in [1.29, 1.82) is 0 Å². The van der Waals surface area contributed by atoms with Crippen LogP contribution in [0.25, 0.3) is 10.8 Å². The van der Waals surface area contributed by atoms with Gasteiger partial charge in [-0.25, -0.2) is 14.9 Å². The molecule has 3 rings (SSSR count). The molecule has 0 spiro atoms. The van der Waals surface area contributed by atoms with E-state index >= 15 is 0 Å². The van der Waals surface area contributed by atoms with Crippen LogP contribution in [-0.2, 0) is 0 Å². The number of ether oxygens (including phenoxy) is 1. The lowest BCUT2D eigenvalue weighted by Crippen LogP contribution is -2.22. The molecule has 0 radical (unpaired) electrons. The number of hydrazone groups is 1. The van der Waals surface area contributed by atoms with E-state index in [2.05, 4.69) is 20.7 Å². The molecule has 0 atom stereocenters. The minimum atomic E-state index is -0.612. The highest BCUT2D eigenvalue weighted by Crippen LogP contribution is 2.17. The minimum Gasteiger partial charge on any atom is -0.496 e. The molecule has 2 aromatic carbocycles. The molecule has 0 fully saturated rings. The number of aromatic nitrogens is 2. The number of H-pyrrole nitrogens is 1. The third kappa shape index (κ3) is 3.37. The third-order valence-electron chi connectivity index (χ3n) is 3.47. The van der Waals surface area contributed by atoms with Crippen LogP contribution in [0.15, 0.2) is 52.4 Å². The maximum absolute atomic E-state index is 13.3. The highest BCUT2D eigenvalue weighted by atomic mass is 19.1. The zero-order valence-electron chi connectivity index (χ0n) is 13.1. The van der Waals surface area contributed by atoms with Crippen LogP contribution < -0.4 is 15.7 Å². The molecule has 0 aliphatic carbocycles. The average Bonchev–Trinajstić information content (AvgIpc) is 2.62. The van der Waals surface area contributed by atoms with Gasteiger partial charge in [0.2, 0.25) is 0 Å². The van der Waals surface area contributed by atoms with Gasteiger partial charge in [-0.05, 0) is 24.3 Å². The number of nitrogens with one attached hydrogen (secondary N) is 2. The van der Waals surface area contributed by atoms with Crippen molar-refractivity contribution in [3.63, 3.8) is 0 Å². The summed E-state index contributed by atoms with van der Waals surface area (Å²) in [4.78, 5) is 24.0. The monoisotopic (exact) mass is 340 g/mol. The van der Waals surface area contributed by atoms with Crippen LogP contribution >= 0.6 is 0 Å². The van der Waals surface area contributed by atoms with Crippen molar-refractivity contribution in [2.75, 3.05) is 7.11 Å². The second kappa shape index (κ2) is 6.91. The van der Waals surface area contributed by atoms with Gasteiger partial charge in [0.15, 0.2) is 5.69 Å². The molecule has 1 heterocycles. The second-order valence-electron chi connectivity index (χ2n) is 5.03. The molecule has 0 aliphatic heterocycles. The highest BCUT2D eigenvalue weighted by molar-refractivity contribution is 6.04. The molecule has 0 saturated carbocycles. The van der Waals surface area contributed by atoms with Crippen molar-refractivity contribution < 1.29 is 13.9 Å². The number of aromatic amines is 1. The van der Waals surface area contributed by atoms with E-state index in [0.717, 1.165) is 0 Å². The summed E-state index contributed by atoms with van der Waals surface area (Å²) in [6, 6.07) is 10.5. The van der Waals surface area contributed by atoms with Crippen LogP contribution in [0.4, 0.5) is 4.39 Å². The first-order valence-corrected chi connectivity index (χ1v) is 7.24. The van der Waals surface area contributed by atoms with Gasteiger partial charge in [-0.2, -0.15) is 10.2 Å². The number of benzene rings is 2. The summed E-state index contributed by atoms with van der Waals surface area (Å²) in [5.41, 5.74) is 2.30. The van der Waals surface area contributed by atoms with Crippen LogP contribution in [-0.4, -0.2) is 29.4 Å². The predicted molar refractivity (Wildman–Crippen MR) is 90.4 cm³/mol. The molecule has 3 aromatic rings. The van der Waals surface area contributed by atoms with Gasteiger partial charge in [-0.15, -0.1) is 0 Å². The predicted octanol–water partition coefficient (Wildman–Crippen LogP) is 1.83. The molecule has 126 valence electrons. The third-order valence-corrected chi connectivity index (χ3v) is 3.47. The van der Waals surface area contributed by atoms with Crippen molar-refractivity contribution in [2.45, 2.75) is 0 Å². The van der Waals surface area contributed by atoms with E-state index in [-0.39, 0.29) is 11.3 Å². The fraction of sp³-hybridized carbons (Fsp3) is 0.0588. The molecule has 25 heavy (non-hydrogen) atoms. The fourth-order valence-electron chi connectivity index (χ4n) is 2.31. The van der Waals surface area contributed by atoms with E-state index < -0.39 is 11.7 Å². The van der Waals surface area contributed by atoms with Crippen LogP contribution in [0.3, 0.4) is 0 Å². The van der Waals surface area contributed by atoms with Gasteiger partial charge in [0.05, 0.1) is 18.7 Å². The Bertz CT molecular complexity index is 1030. The number of halogens is 1. The summed E-state index contributed by atoms with van der Waals surface area (Å²) in [7, 11) is 1.44. The Labute approximate surface area is 141 Å². The number of nitrogens with zero attached hydrogens (tertiary/aromatic N) is 2. The number of amides is 1. The van der Waals surface area contributed by atoms with E-state index in [9.17, 15) is 14.0 Å². The largest absolute Gasteiger partial charge is 0.496 e. The van der Waals surface area contributed by atoms with Gasteiger partial charge in [0, 0.05) is 10.9 Å². The smallest absolute Gasteiger partial charge is 0.292 e. The van der Waals surface area contributed by atoms with Gasteiger partial charge < -0.3 is 4.74 Å². The summed E-state index contributed by atoms with van der Waals surface area (Å²) < 4.78 is 18.4. The Balaban J connectivity index is 1.86. The highest BCUT2D eigenvalue weighted by Gasteiger charge is 2.13. The minimum absolute atomic E-state index is 0.0264. The number of carbonyl (C=O) groups is 1. The fourth-order valence-corrected chi connectivity index (χ4v) is 2.31. The van der Waals surface area contributed by atoms with Gasteiger partial charge in [0.25, 0.3) is 11.5 Å². The molecule has 1 aromatic heterocycles. The number of rotatable bonds is 4. The molecule has 8 heteroatoms. The summed E-state index contributed by atoms with van der Waals surface area (Å²) >= 11 is 0. The first-order valence-electron chi connectivity index (χ1n) is 7.24. The number of carbonyl (C=O) groups excluding carboxylic acids is 1. The standard InChI is InChI=1S/C17H13FN4O3/c1-25-14-7-6-11(18)8-10(14)9-19-21-17(24)15-12-4-2-3-5-13(12)16(23)22-20-15/h2-9H,1H3,(H,21,24)(H,22,23)/b19-9+. The molecule has 7 nitrogen and oxygen atoms in total. The summed E-state index contributed by atoms with van der Waals surface area (Å²) in [5.74, 6) is -0.659. The molecule has 2 N–H and O–H groups in total. The zero-order valence-corrected chi connectivity index (χ0v) is 13.1. The topological polar surface area (TPSA) is 96.4 Å². The normalized spacial score (nSPS) is 11.0. The van der Waals surface area contributed by atoms with Crippen molar-refractivity contribution in [3.05, 3.63) is 69.9 Å².